The van der Waals surface area contributed by atoms with Gasteiger partial charge in [-0.1, -0.05) is 35.9 Å². The Kier molecular flexibility index (Phi) is 8.32. The van der Waals surface area contributed by atoms with Crippen molar-refractivity contribution in [2.24, 2.45) is 7.05 Å². The number of carbonyl (C=O) groups is 2. The van der Waals surface area contributed by atoms with Crippen molar-refractivity contribution >= 4 is 45.0 Å². The van der Waals surface area contributed by atoms with Gasteiger partial charge in [0, 0.05) is 42.8 Å². The fraction of sp³-hybridized carbons (Fsp3) is 0.250. The molecule has 1 amide bonds. The highest BCUT2D eigenvalue weighted by Crippen LogP contribution is 2.30. The first kappa shape index (κ1) is 27.5. The molecule has 3 N–H and O–H groups in total. The van der Waals surface area contributed by atoms with Gasteiger partial charge in [0.2, 0.25) is 5.43 Å². The highest BCUT2D eigenvalue weighted by atomic mass is 35.5. The van der Waals surface area contributed by atoms with Crippen LogP contribution in [-0.2, 0) is 20.1 Å². The molecule has 0 spiro atoms. The van der Waals surface area contributed by atoms with Crippen molar-refractivity contribution in [3.05, 3.63) is 103 Å². The first-order chi connectivity index (χ1) is 18.0. The number of carbonyl (C=O) groups excluding carboxylic acids is 1. The molecule has 0 aliphatic heterocycles. The van der Waals surface area contributed by atoms with Crippen LogP contribution in [0.25, 0.3) is 10.2 Å². The molecule has 8 nitrogen and oxygen atoms in total. The standard InChI is InChI=1S/C28H28ClN3O5S/c1-16-23(15-31(2)14-22(33)18-6-8-19(9-7-18)28(36)37)38-26-24(16)32(3)13-21(25(26)34)27(35)30-12-17-4-10-20(29)11-5-17/h4-11,13,22,33H,12,14-15H2,1-3H3,(H,30,35)(H,36,37). The van der Waals surface area contributed by atoms with Crippen LogP contribution in [0.1, 0.15) is 48.4 Å². The number of nitrogens with zero attached hydrogens (tertiary/aromatic N) is 2. The minimum atomic E-state index is -1.02. The van der Waals surface area contributed by atoms with Gasteiger partial charge in [0.1, 0.15) is 5.56 Å². The summed E-state index contributed by atoms with van der Waals surface area (Å²) in [4.78, 5) is 40.1. The summed E-state index contributed by atoms with van der Waals surface area (Å²) in [5, 5.41) is 23.1. The van der Waals surface area contributed by atoms with E-state index in [-0.39, 0.29) is 23.1 Å². The highest BCUT2D eigenvalue weighted by Gasteiger charge is 2.21. The number of aliphatic hydroxyl groups is 1. The molecule has 1 atom stereocenters. The van der Waals surface area contributed by atoms with Gasteiger partial charge in [0.15, 0.2) is 0 Å². The van der Waals surface area contributed by atoms with E-state index in [0.29, 0.717) is 28.4 Å². The second kappa shape index (κ2) is 11.5. The number of aromatic nitrogens is 1. The van der Waals surface area contributed by atoms with Crippen molar-refractivity contribution in [3.8, 4) is 0 Å². The maximum absolute atomic E-state index is 13.3. The fourth-order valence-electron chi connectivity index (χ4n) is 4.32. The predicted molar refractivity (Wildman–Crippen MR) is 149 cm³/mol. The van der Waals surface area contributed by atoms with Crippen LogP contribution in [0.4, 0.5) is 0 Å². The Balaban J connectivity index is 1.50. The third-order valence-corrected chi connectivity index (χ3v) is 7.91. The Morgan fingerprint density at radius 3 is 2.42 bits per heavy atom. The SMILES string of the molecule is Cc1c(CN(C)CC(O)c2ccc(C(=O)O)cc2)sc2c(=O)c(C(=O)NCc3ccc(Cl)cc3)cn(C)c12. The summed E-state index contributed by atoms with van der Waals surface area (Å²) in [7, 11) is 3.68. The molecular formula is C28H28ClN3O5S. The van der Waals surface area contributed by atoms with Crippen molar-refractivity contribution in [2.75, 3.05) is 13.6 Å². The molecule has 0 aliphatic rings. The molecule has 0 bridgehead atoms. The van der Waals surface area contributed by atoms with E-state index >= 15 is 0 Å². The number of hydrogen-bond acceptors (Lipinski definition) is 6. The summed E-state index contributed by atoms with van der Waals surface area (Å²) in [6.07, 6.45) is 0.763. The van der Waals surface area contributed by atoms with Crippen molar-refractivity contribution in [2.45, 2.75) is 26.1 Å². The summed E-state index contributed by atoms with van der Waals surface area (Å²) in [6, 6.07) is 13.3. The number of carboxylic acids is 1. The van der Waals surface area contributed by atoms with Crippen LogP contribution in [0, 0.1) is 6.92 Å². The molecular weight excluding hydrogens is 526 g/mol. The molecule has 0 fully saturated rings. The van der Waals surface area contributed by atoms with Crippen molar-refractivity contribution in [3.63, 3.8) is 0 Å². The lowest BCUT2D eigenvalue weighted by Gasteiger charge is -2.20. The maximum Gasteiger partial charge on any atom is 0.335 e. The van der Waals surface area contributed by atoms with Gasteiger partial charge in [0.25, 0.3) is 5.91 Å². The zero-order valence-corrected chi connectivity index (χ0v) is 22.8. The summed E-state index contributed by atoms with van der Waals surface area (Å²) >= 11 is 7.27. The van der Waals surface area contributed by atoms with Crippen LogP contribution in [0.15, 0.2) is 59.5 Å². The van der Waals surface area contributed by atoms with Gasteiger partial charge in [-0.25, -0.2) is 4.79 Å². The monoisotopic (exact) mass is 553 g/mol. The molecule has 2 aromatic heterocycles. The zero-order valence-electron chi connectivity index (χ0n) is 21.2. The van der Waals surface area contributed by atoms with Crippen LogP contribution in [-0.4, -0.2) is 45.1 Å². The quantitative estimate of drug-likeness (QED) is 0.284. The van der Waals surface area contributed by atoms with Gasteiger partial charge in [-0.15, -0.1) is 11.3 Å². The van der Waals surface area contributed by atoms with Crippen LogP contribution in [0.5, 0.6) is 0 Å². The van der Waals surface area contributed by atoms with Crippen LogP contribution < -0.4 is 10.7 Å². The molecule has 0 saturated heterocycles. The van der Waals surface area contributed by atoms with E-state index in [4.69, 9.17) is 16.7 Å². The Bertz CT molecular complexity index is 1540. The minimum Gasteiger partial charge on any atom is -0.478 e. The lowest BCUT2D eigenvalue weighted by molar-refractivity contribution is 0.0696. The largest absolute Gasteiger partial charge is 0.478 e. The summed E-state index contributed by atoms with van der Waals surface area (Å²) in [6.45, 7) is 3.03. The molecule has 0 saturated carbocycles. The lowest BCUT2D eigenvalue weighted by atomic mass is 10.1. The van der Waals surface area contributed by atoms with E-state index in [0.717, 1.165) is 21.5 Å². The second-order valence-corrected chi connectivity index (χ2v) is 10.8. The fourth-order valence-corrected chi connectivity index (χ4v) is 5.82. The van der Waals surface area contributed by atoms with Gasteiger partial charge < -0.3 is 20.1 Å². The van der Waals surface area contributed by atoms with Crippen LogP contribution in [0.2, 0.25) is 5.02 Å². The first-order valence-electron chi connectivity index (χ1n) is 11.9. The second-order valence-electron chi connectivity index (χ2n) is 9.26. The Morgan fingerprint density at radius 1 is 1.13 bits per heavy atom. The van der Waals surface area contributed by atoms with Gasteiger partial charge >= 0.3 is 5.97 Å². The number of halogens is 1. The highest BCUT2D eigenvalue weighted by molar-refractivity contribution is 7.19. The van der Waals surface area contributed by atoms with Gasteiger partial charge in [-0.3, -0.25) is 14.5 Å². The zero-order chi connectivity index (χ0) is 27.6. The van der Waals surface area contributed by atoms with Crippen molar-refractivity contribution in [1.29, 1.82) is 0 Å². The molecule has 10 heteroatoms. The lowest BCUT2D eigenvalue weighted by Crippen LogP contribution is -2.29. The normalized spacial score (nSPS) is 12.2. The molecule has 0 aliphatic carbocycles. The van der Waals surface area contributed by atoms with E-state index in [1.807, 2.05) is 42.6 Å². The van der Waals surface area contributed by atoms with Gasteiger partial charge in [-0.2, -0.15) is 0 Å². The number of thiophene rings is 1. The molecule has 1 unspecified atom stereocenters. The smallest absolute Gasteiger partial charge is 0.335 e. The number of aryl methyl sites for hydroxylation is 2. The number of amides is 1. The number of aliphatic hydroxyl groups excluding tert-OH is 1. The van der Waals surface area contributed by atoms with Crippen LogP contribution >= 0.6 is 22.9 Å². The summed E-state index contributed by atoms with van der Waals surface area (Å²) in [5.41, 5.74) is 3.15. The number of pyridine rings is 1. The number of nitrogens with one attached hydrogen (secondary N) is 1. The number of hydrogen-bond donors (Lipinski definition) is 3. The molecule has 2 heterocycles. The number of aromatic carboxylic acids is 1. The van der Waals surface area contributed by atoms with Crippen molar-refractivity contribution in [1.82, 2.24) is 14.8 Å². The number of benzene rings is 2. The number of rotatable bonds is 9. The number of fused-ring (bicyclic) bond motifs is 1. The summed E-state index contributed by atoms with van der Waals surface area (Å²) < 4.78 is 2.32. The summed E-state index contributed by atoms with van der Waals surface area (Å²) in [5.74, 6) is -1.46. The van der Waals surface area contributed by atoms with Crippen molar-refractivity contribution < 1.29 is 19.8 Å². The Labute approximate surface area is 228 Å². The predicted octanol–water partition coefficient (Wildman–Crippen LogP) is 4.36. The Morgan fingerprint density at radius 2 is 1.79 bits per heavy atom. The average Bonchev–Trinajstić information content (AvgIpc) is 3.22. The third kappa shape index (κ3) is 5.97. The molecule has 4 aromatic rings. The van der Waals surface area contributed by atoms with Gasteiger partial charge in [-0.05, 0) is 54.9 Å². The van der Waals surface area contributed by atoms with E-state index in [1.165, 1.54) is 23.5 Å². The molecule has 38 heavy (non-hydrogen) atoms. The Hall–Kier alpha value is -3.50. The average molecular weight is 554 g/mol. The number of carboxylic acid groups (broad SMARTS) is 1. The minimum absolute atomic E-state index is 0.0790. The molecule has 198 valence electrons. The number of likely N-dealkylation sites (N-methyl/N-ethyl adjacent to an activating group) is 1. The third-order valence-electron chi connectivity index (χ3n) is 6.39. The topological polar surface area (TPSA) is 112 Å². The van der Waals surface area contributed by atoms with E-state index in [1.54, 1.807) is 30.5 Å². The van der Waals surface area contributed by atoms with E-state index in [2.05, 4.69) is 5.32 Å². The van der Waals surface area contributed by atoms with E-state index < -0.39 is 18.0 Å². The van der Waals surface area contributed by atoms with E-state index in [9.17, 15) is 19.5 Å². The van der Waals surface area contributed by atoms with Crippen LogP contribution in [0.3, 0.4) is 0 Å². The molecule has 0 radical (unpaired) electrons. The molecule has 4 rings (SSSR count). The molecule has 2 aromatic carbocycles. The maximum atomic E-state index is 13.3. The first-order valence-corrected chi connectivity index (χ1v) is 13.1. The van der Waals surface area contributed by atoms with Gasteiger partial charge in [0.05, 0.1) is 21.9 Å².